The smallest absolute Gasteiger partial charge is 0.225 e. The lowest BCUT2D eigenvalue weighted by molar-refractivity contribution is 0.122. The molecule has 1 aliphatic carbocycles. The zero-order valence-corrected chi connectivity index (χ0v) is 17.8. The Bertz CT molecular complexity index is 1020. The molecule has 3 aromatic heterocycles. The van der Waals surface area contributed by atoms with E-state index in [1.165, 1.54) is 5.56 Å². The number of hydrogen-bond donors (Lipinski definition) is 0. The average Bonchev–Trinajstić information content (AvgIpc) is 3.21. The molecule has 5 rings (SSSR count). The largest absolute Gasteiger partial charge is 0.474 e. The molecule has 0 atom stereocenters. The summed E-state index contributed by atoms with van der Waals surface area (Å²) in [5.74, 6) is 2.23. The van der Waals surface area contributed by atoms with Crippen LogP contribution in [0, 0.1) is 6.92 Å². The van der Waals surface area contributed by atoms with Gasteiger partial charge in [0.05, 0.1) is 30.3 Å². The lowest BCUT2D eigenvalue weighted by atomic mass is 9.84. The second-order valence-corrected chi connectivity index (χ2v) is 8.50. The first-order valence-electron chi connectivity index (χ1n) is 10.9. The van der Waals surface area contributed by atoms with Crippen LogP contribution >= 0.6 is 0 Å². The summed E-state index contributed by atoms with van der Waals surface area (Å²) in [5.41, 5.74) is 3.40. The molecule has 0 aromatic carbocycles. The third-order valence-electron chi connectivity index (χ3n) is 6.25. The Kier molecular flexibility index (Phi) is 5.29. The lowest BCUT2D eigenvalue weighted by Crippen LogP contribution is -2.36. The molecule has 0 N–H and O–H groups in total. The van der Waals surface area contributed by atoms with Gasteiger partial charge in [-0.25, -0.2) is 0 Å². The molecule has 0 bridgehead atoms. The molecule has 0 radical (unpaired) electrons. The molecule has 30 heavy (non-hydrogen) atoms. The third-order valence-corrected chi connectivity index (χ3v) is 6.25. The maximum atomic E-state index is 6.51. The van der Waals surface area contributed by atoms with Crippen molar-refractivity contribution in [3.05, 3.63) is 41.9 Å². The highest BCUT2D eigenvalue weighted by Crippen LogP contribution is 2.36. The molecule has 3 aromatic rings. The molecule has 7 heteroatoms. The van der Waals surface area contributed by atoms with Crippen LogP contribution < -0.4 is 9.64 Å². The van der Waals surface area contributed by atoms with Crippen LogP contribution in [0.1, 0.15) is 42.7 Å². The molecule has 7 nitrogen and oxygen atoms in total. The minimum atomic E-state index is 0.189. The number of nitrogens with zero attached hydrogens (tertiary/aromatic N) is 5. The van der Waals surface area contributed by atoms with E-state index >= 15 is 0 Å². The van der Waals surface area contributed by atoms with Gasteiger partial charge in [-0.1, -0.05) is 0 Å². The number of hydrogen-bond acceptors (Lipinski definition) is 6. The van der Waals surface area contributed by atoms with Crippen LogP contribution in [0.25, 0.3) is 10.9 Å². The van der Waals surface area contributed by atoms with E-state index in [2.05, 4.69) is 40.2 Å². The monoisotopic (exact) mass is 407 g/mol. The molecule has 0 unspecified atom stereocenters. The third kappa shape index (κ3) is 3.99. The van der Waals surface area contributed by atoms with Crippen LogP contribution in [0.15, 0.2) is 30.7 Å². The van der Waals surface area contributed by atoms with Gasteiger partial charge >= 0.3 is 0 Å². The molecule has 0 spiro atoms. The van der Waals surface area contributed by atoms with Crippen molar-refractivity contribution in [3.8, 4) is 5.88 Å². The van der Waals surface area contributed by atoms with E-state index in [1.54, 1.807) is 0 Å². The van der Waals surface area contributed by atoms with Crippen molar-refractivity contribution < 1.29 is 9.47 Å². The maximum Gasteiger partial charge on any atom is 0.225 e. The Hall–Kier alpha value is -2.67. The van der Waals surface area contributed by atoms with Crippen LogP contribution in [0.5, 0.6) is 5.88 Å². The minimum Gasteiger partial charge on any atom is -0.474 e. The topological polar surface area (TPSA) is 65.3 Å². The fraction of sp³-hybridized carbons (Fsp3) is 0.522. The minimum absolute atomic E-state index is 0.189. The van der Waals surface area contributed by atoms with Crippen molar-refractivity contribution in [3.63, 3.8) is 0 Å². The predicted molar refractivity (Wildman–Crippen MR) is 116 cm³/mol. The highest BCUT2D eigenvalue weighted by Gasteiger charge is 2.26. The Morgan fingerprint density at radius 3 is 2.60 bits per heavy atom. The highest BCUT2D eigenvalue weighted by molar-refractivity contribution is 5.86. The van der Waals surface area contributed by atoms with Gasteiger partial charge in [0.25, 0.3) is 0 Å². The van der Waals surface area contributed by atoms with Gasteiger partial charge in [0.2, 0.25) is 5.88 Å². The van der Waals surface area contributed by atoms with Gasteiger partial charge in [-0.15, -0.1) is 0 Å². The number of morpholine rings is 1. The van der Waals surface area contributed by atoms with Crippen LogP contribution in [-0.2, 0) is 11.8 Å². The summed E-state index contributed by atoms with van der Waals surface area (Å²) in [6.45, 7) is 5.22. The summed E-state index contributed by atoms with van der Waals surface area (Å²) >= 11 is 0. The molecule has 0 amide bonds. The van der Waals surface area contributed by atoms with Gasteiger partial charge in [-0.2, -0.15) is 10.1 Å². The zero-order chi connectivity index (χ0) is 20.5. The first kappa shape index (κ1) is 19.3. The maximum absolute atomic E-state index is 6.51. The number of aryl methyl sites for hydroxylation is 2. The van der Waals surface area contributed by atoms with Crippen LogP contribution in [0.2, 0.25) is 0 Å². The fourth-order valence-corrected chi connectivity index (χ4v) is 4.55. The van der Waals surface area contributed by atoms with Gasteiger partial charge in [0.15, 0.2) is 0 Å². The lowest BCUT2D eigenvalue weighted by Gasteiger charge is -2.30. The Balaban J connectivity index is 1.37. The van der Waals surface area contributed by atoms with Crippen molar-refractivity contribution in [1.29, 1.82) is 0 Å². The fourth-order valence-electron chi connectivity index (χ4n) is 4.55. The zero-order valence-electron chi connectivity index (χ0n) is 17.8. The quantitative estimate of drug-likeness (QED) is 0.658. The first-order chi connectivity index (χ1) is 14.7. The van der Waals surface area contributed by atoms with Crippen molar-refractivity contribution in [2.75, 3.05) is 31.2 Å². The Labute approximate surface area is 177 Å². The summed E-state index contributed by atoms with van der Waals surface area (Å²) in [4.78, 5) is 11.9. The molecule has 2 aliphatic rings. The summed E-state index contributed by atoms with van der Waals surface area (Å²) in [6, 6.07) is 4.21. The normalized spacial score (nSPS) is 22.4. The van der Waals surface area contributed by atoms with Gasteiger partial charge in [0.1, 0.15) is 11.9 Å². The van der Waals surface area contributed by atoms with Crippen molar-refractivity contribution in [2.24, 2.45) is 7.05 Å². The Morgan fingerprint density at radius 2 is 1.87 bits per heavy atom. The van der Waals surface area contributed by atoms with E-state index in [9.17, 15) is 0 Å². The van der Waals surface area contributed by atoms with Crippen LogP contribution in [0.4, 0.5) is 5.82 Å². The Morgan fingerprint density at radius 1 is 1.07 bits per heavy atom. The van der Waals surface area contributed by atoms with Crippen molar-refractivity contribution in [1.82, 2.24) is 19.7 Å². The number of rotatable bonds is 4. The molecule has 1 saturated heterocycles. The van der Waals surface area contributed by atoms with Crippen LogP contribution in [-0.4, -0.2) is 52.2 Å². The number of aromatic nitrogens is 4. The first-order valence-corrected chi connectivity index (χ1v) is 10.9. The van der Waals surface area contributed by atoms with E-state index in [0.717, 1.165) is 80.2 Å². The standard InChI is InChI=1S/C23H29N5O2/c1-16-11-20-21(24-13-16)12-22(28-7-9-29-10-8-28)26-23(20)30-19-5-3-17(4-6-19)18-14-25-27(2)15-18/h11-15,17,19H,3-10H2,1-2H3. The average molecular weight is 408 g/mol. The van der Waals surface area contributed by atoms with Crippen LogP contribution in [0.3, 0.4) is 0 Å². The van der Waals surface area contributed by atoms with Gasteiger partial charge in [0, 0.05) is 38.6 Å². The van der Waals surface area contributed by atoms with Gasteiger partial charge in [-0.3, -0.25) is 9.67 Å². The predicted octanol–water partition coefficient (Wildman–Crippen LogP) is 3.61. The van der Waals surface area contributed by atoms with Crippen molar-refractivity contribution >= 4 is 16.7 Å². The summed E-state index contributed by atoms with van der Waals surface area (Å²) in [6.07, 6.45) is 10.5. The molecule has 2 fully saturated rings. The second kappa shape index (κ2) is 8.22. The SMILES string of the molecule is Cc1cnc2cc(N3CCOCC3)nc(OC3CCC(c4cnn(C)c4)CC3)c2c1. The van der Waals surface area contributed by atoms with E-state index in [1.807, 2.05) is 24.1 Å². The number of pyridine rings is 2. The van der Waals surface area contributed by atoms with E-state index in [-0.39, 0.29) is 6.10 Å². The molecule has 4 heterocycles. The summed E-state index contributed by atoms with van der Waals surface area (Å²) in [7, 11) is 1.98. The molecule has 158 valence electrons. The van der Waals surface area contributed by atoms with Gasteiger partial charge < -0.3 is 14.4 Å². The van der Waals surface area contributed by atoms with Crippen molar-refractivity contribution in [2.45, 2.75) is 44.6 Å². The number of fused-ring (bicyclic) bond motifs is 1. The van der Waals surface area contributed by atoms with E-state index in [4.69, 9.17) is 14.5 Å². The van der Waals surface area contributed by atoms with E-state index in [0.29, 0.717) is 5.92 Å². The summed E-state index contributed by atoms with van der Waals surface area (Å²) in [5, 5.41) is 5.33. The molecule has 1 aliphatic heterocycles. The van der Waals surface area contributed by atoms with E-state index < -0.39 is 0 Å². The van der Waals surface area contributed by atoms with Gasteiger partial charge in [-0.05, 0) is 55.7 Å². The number of anilines is 1. The molecule has 1 saturated carbocycles. The molecular formula is C23H29N5O2. The highest BCUT2D eigenvalue weighted by atomic mass is 16.5. The summed E-state index contributed by atoms with van der Waals surface area (Å²) < 4.78 is 13.9. The second-order valence-electron chi connectivity index (χ2n) is 8.50. The number of ether oxygens (including phenoxy) is 2. The molecular weight excluding hydrogens is 378 g/mol.